The molecule has 3 saturated heterocycles. The molecule has 3 aromatic carbocycles. The maximum Gasteiger partial charge on any atom is 0.328 e. The second kappa shape index (κ2) is 20.5. The molecular weight excluding hydrogens is 725 g/mol. The van der Waals surface area contributed by atoms with Gasteiger partial charge in [-0.1, -0.05) is 104 Å². The van der Waals surface area contributed by atoms with Gasteiger partial charge in [-0.05, 0) is 86.7 Å². The summed E-state index contributed by atoms with van der Waals surface area (Å²) in [5.74, 6) is -1.49. The highest BCUT2D eigenvalue weighted by Gasteiger charge is 2.44. The van der Waals surface area contributed by atoms with E-state index in [2.05, 4.69) is 10.6 Å². The topological polar surface area (TPSA) is 125 Å². The lowest BCUT2D eigenvalue weighted by Crippen LogP contribution is -2.57. The SMILES string of the molecule is COC(=O)[C@@H]1CCC[C@@H]2SCCC(NC(=O)[C@H](CC[C@H](Cc3ccccc3)C(=O)NC3CCCCCN(Cc4ccccc4)C3=O)Cc3ccccc3)C(=O)N21. The highest BCUT2D eigenvalue weighted by molar-refractivity contribution is 7.99. The predicted octanol–water partition coefficient (Wildman–Crippen LogP) is 6.07. The minimum atomic E-state index is -0.767. The minimum Gasteiger partial charge on any atom is -0.467 e. The molecule has 6 rings (SSSR count). The summed E-state index contributed by atoms with van der Waals surface area (Å²) in [6.07, 6.45) is 7.68. The van der Waals surface area contributed by atoms with E-state index in [0.717, 1.165) is 48.8 Å². The standard InChI is InChI=1S/C45H56N4O6S/c1-55-45(54)39-22-14-23-40-49(39)44(53)38(26-28-56-40)47-42(51)36(30-33-17-8-3-9-18-33)25-24-35(29-32-15-6-2-7-16-32)41(50)46-37-21-12-5-13-27-48(43(37)52)31-34-19-10-4-11-20-34/h2-4,6-11,15-20,35-40H,5,12-14,21-31H2,1H3,(H,46,50)(H,47,51)/t35-,36-,37?,38?,39+,40+/m1/s1. The monoisotopic (exact) mass is 780 g/mol. The molecule has 3 aliphatic rings. The summed E-state index contributed by atoms with van der Waals surface area (Å²) < 4.78 is 5.08. The van der Waals surface area contributed by atoms with Crippen LogP contribution in [-0.4, -0.2) is 82.3 Å². The van der Waals surface area contributed by atoms with Crippen molar-refractivity contribution in [3.63, 3.8) is 0 Å². The minimum absolute atomic E-state index is 0.0571. The second-order valence-electron chi connectivity index (χ2n) is 15.4. The Morgan fingerprint density at radius 2 is 1.23 bits per heavy atom. The Kier molecular flexibility index (Phi) is 15.0. The molecule has 0 spiro atoms. The number of hydrogen-bond donors (Lipinski definition) is 2. The number of nitrogens with zero attached hydrogens (tertiary/aromatic N) is 2. The number of carbonyl (C=O) groups is 5. The zero-order valence-corrected chi connectivity index (χ0v) is 33.3. The van der Waals surface area contributed by atoms with Crippen LogP contribution >= 0.6 is 11.8 Å². The van der Waals surface area contributed by atoms with E-state index in [-0.39, 0.29) is 29.0 Å². The van der Waals surface area contributed by atoms with Gasteiger partial charge in [0, 0.05) is 24.9 Å². The molecule has 2 unspecified atom stereocenters. The summed E-state index contributed by atoms with van der Waals surface area (Å²) in [6.45, 7) is 1.15. The number of benzene rings is 3. The highest BCUT2D eigenvalue weighted by atomic mass is 32.2. The molecule has 298 valence electrons. The number of amides is 4. The van der Waals surface area contributed by atoms with Crippen molar-refractivity contribution in [2.24, 2.45) is 11.8 Å². The lowest BCUT2D eigenvalue weighted by Gasteiger charge is -2.40. The van der Waals surface area contributed by atoms with Crippen LogP contribution in [0.5, 0.6) is 0 Å². The van der Waals surface area contributed by atoms with Gasteiger partial charge >= 0.3 is 5.97 Å². The van der Waals surface area contributed by atoms with Gasteiger partial charge in [0.2, 0.25) is 23.6 Å². The Morgan fingerprint density at radius 1 is 0.679 bits per heavy atom. The number of rotatable bonds is 14. The third kappa shape index (κ3) is 11.0. The van der Waals surface area contributed by atoms with E-state index in [9.17, 15) is 24.0 Å². The first-order valence-electron chi connectivity index (χ1n) is 20.3. The first-order valence-corrected chi connectivity index (χ1v) is 21.4. The summed E-state index contributed by atoms with van der Waals surface area (Å²) in [6, 6.07) is 27.5. The smallest absolute Gasteiger partial charge is 0.328 e. The molecule has 4 amide bonds. The van der Waals surface area contributed by atoms with Crippen LogP contribution in [0.3, 0.4) is 0 Å². The van der Waals surface area contributed by atoms with Crippen LogP contribution < -0.4 is 10.6 Å². The lowest BCUT2D eigenvalue weighted by atomic mass is 9.86. The normalized spacial score (nSPS) is 22.7. The van der Waals surface area contributed by atoms with Crippen LogP contribution in [0.1, 0.15) is 80.9 Å². The maximum absolute atomic E-state index is 14.3. The van der Waals surface area contributed by atoms with Crippen molar-refractivity contribution < 1.29 is 28.7 Å². The summed E-state index contributed by atoms with van der Waals surface area (Å²) in [5.41, 5.74) is 3.05. The van der Waals surface area contributed by atoms with Gasteiger partial charge in [0.05, 0.1) is 12.5 Å². The first kappa shape index (κ1) is 41.0. The number of piperidine rings is 1. The van der Waals surface area contributed by atoms with Crippen molar-refractivity contribution in [3.05, 3.63) is 108 Å². The molecule has 3 fully saturated rings. The number of thioether (sulfide) groups is 1. The number of ether oxygens (including phenoxy) is 1. The zero-order chi connectivity index (χ0) is 39.3. The molecule has 0 saturated carbocycles. The predicted molar refractivity (Wildman–Crippen MR) is 218 cm³/mol. The van der Waals surface area contributed by atoms with Crippen molar-refractivity contribution in [3.8, 4) is 0 Å². The first-order chi connectivity index (χ1) is 27.3. The van der Waals surface area contributed by atoms with Crippen LogP contribution in [0.25, 0.3) is 0 Å². The largest absolute Gasteiger partial charge is 0.467 e. The average Bonchev–Trinajstić information content (AvgIpc) is 3.38. The van der Waals surface area contributed by atoms with Gasteiger partial charge in [-0.15, -0.1) is 11.8 Å². The molecule has 3 aromatic rings. The number of esters is 1. The number of fused-ring (bicyclic) bond motifs is 1. The van der Waals surface area contributed by atoms with Gasteiger partial charge in [0.15, 0.2) is 0 Å². The molecule has 3 aliphatic heterocycles. The molecule has 2 N–H and O–H groups in total. The molecule has 10 nitrogen and oxygen atoms in total. The van der Waals surface area contributed by atoms with Crippen molar-refractivity contribution in [2.75, 3.05) is 19.4 Å². The van der Waals surface area contributed by atoms with Gasteiger partial charge < -0.3 is 25.2 Å². The molecule has 6 atom stereocenters. The third-order valence-electron chi connectivity index (χ3n) is 11.5. The quantitative estimate of drug-likeness (QED) is 0.190. The molecule has 0 aromatic heterocycles. The number of hydrogen-bond acceptors (Lipinski definition) is 7. The Labute approximate surface area is 335 Å². The third-order valence-corrected chi connectivity index (χ3v) is 12.8. The average molecular weight is 781 g/mol. The van der Waals surface area contributed by atoms with Gasteiger partial charge in [0.25, 0.3) is 0 Å². The van der Waals surface area contributed by atoms with E-state index in [4.69, 9.17) is 4.74 Å². The fraction of sp³-hybridized carbons (Fsp3) is 0.489. The van der Waals surface area contributed by atoms with Gasteiger partial charge in [-0.2, -0.15) is 0 Å². The van der Waals surface area contributed by atoms with E-state index >= 15 is 0 Å². The lowest BCUT2D eigenvalue weighted by molar-refractivity contribution is -0.156. The van der Waals surface area contributed by atoms with Crippen LogP contribution in [0.2, 0.25) is 0 Å². The Morgan fingerprint density at radius 3 is 1.80 bits per heavy atom. The molecule has 0 radical (unpaired) electrons. The summed E-state index contributed by atoms with van der Waals surface area (Å²) in [5, 5.41) is 6.15. The molecule has 3 heterocycles. The van der Waals surface area contributed by atoms with E-state index in [1.165, 1.54) is 7.11 Å². The Hall–Kier alpha value is -4.64. The second-order valence-corrected chi connectivity index (χ2v) is 16.7. The number of likely N-dealkylation sites (tertiary alicyclic amines) is 1. The molecule has 11 heteroatoms. The van der Waals surface area contributed by atoms with Crippen LogP contribution in [0.15, 0.2) is 91.0 Å². The Balaban J connectivity index is 1.19. The summed E-state index contributed by atoms with van der Waals surface area (Å²) in [7, 11) is 1.34. The zero-order valence-electron chi connectivity index (χ0n) is 32.5. The van der Waals surface area contributed by atoms with Crippen molar-refractivity contribution in [1.29, 1.82) is 0 Å². The Bertz CT molecular complexity index is 1760. The fourth-order valence-corrected chi connectivity index (χ4v) is 9.75. The van der Waals surface area contributed by atoms with E-state index < -0.39 is 35.9 Å². The molecule has 0 bridgehead atoms. The van der Waals surface area contributed by atoms with Gasteiger partial charge in [0.1, 0.15) is 18.1 Å². The van der Waals surface area contributed by atoms with Crippen molar-refractivity contribution in [1.82, 2.24) is 20.4 Å². The number of nitrogens with one attached hydrogen (secondary N) is 2. The van der Waals surface area contributed by atoms with Gasteiger partial charge in [-0.25, -0.2) is 4.79 Å². The van der Waals surface area contributed by atoms with Crippen molar-refractivity contribution in [2.45, 2.75) is 107 Å². The molecular formula is C45H56N4O6S. The highest BCUT2D eigenvalue weighted by Crippen LogP contribution is 2.35. The van der Waals surface area contributed by atoms with E-state index in [1.807, 2.05) is 95.9 Å². The summed E-state index contributed by atoms with van der Waals surface area (Å²) >= 11 is 1.66. The fourth-order valence-electron chi connectivity index (χ4n) is 8.36. The summed E-state index contributed by atoms with van der Waals surface area (Å²) in [4.78, 5) is 73.0. The van der Waals surface area contributed by atoms with Crippen LogP contribution in [0, 0.1) is 11.8 Å². The van der Waals surface area contributed by atoms with E-state index in [0.29, 0.717) is 63.8 Å². The number of carbonyl (C=O) groups excluding carboxylic acids is 5. The van der Waals surface area contributed by atoms with E-state index in [1.54, 1.807) is 16.7 Å². The molecule has 56 heavy (non-hydrogen) atoms. The maximum atomic E-state index is 14.3. The number of methoxy groups -OCH3 is 1. The van der Waals surface area contributed by atoms with Crippen molar-refractivity contribution >= 4 is 41.4 Å². The van der Waals surface area contributed by atoms with Gasteiger partial charge in [-0.3, -0.25) is 19.2 Å². The molecule has 0 aliphatic carbocycles. The van der Waals surface area contributed by atoms with Crippen LogP contribution in [0.4, 0.5) is 0 Å². The van der Waals surface area contributed by atoms with Crippen LogP contribution in [-0.2, 0) is 48.1 Å².